The zero-order valence-electron chi connectivity index (χ0n) is 19.5. The Kier molecular flexibility index (Phi) is 5.13. The van der Waals surface area contributed by atoms with Crippen LogP contribution in [0.2, 0.25) is 0 Å². The number of thiophene rings is 1. The third-order valence-electron chi connectivity index (χ3n) is 7.75. The van der Waals surface area contributed by atoms with E-state index in [1.165, 1.54) is 46.2 Å². The van der Waals surface area contributed by atoms with Crippen LogP contribution in [0.5, 0.6) is 0 Å². The predicted octanol–water partition coefficient (Wildman–Crippen LogP) is 7.84. The van der Waals surface area contributed by atoms with Gasteiger partial charge in [-0.05, 0) is 40.0 Å². The van der Waals surface area contributed by atoms with Gasteiger partial charge in [0.15, 0.2) is 8.07 Å². The first kappa shape index (κ1) is 21.4. The molecule has 2 aliphatic carbocycles. The Hall–Kier alpha value is -2.85. The van der Waals surface area contributed by atoms with Crippen LogP contribution < -0.4 is 10.4 Å². The number of hydrogen-bond donors (Lipinski definition) is 0. The molecule has 3 aromatic carbocycles. The maximum atomic E-state index is 4.59. The van der Waals surface area contributed by atoms with E-state index in [1.807, 2.05) is 11.3 Å². The fraction of sp³-hybridized carbons (Fsp3) is 0.125. The number of fused-ring (bicyclic) bond motifs is 6. The monoisotopic (exact) mass is 502 g/mol. The summed E-state index contributed by atoms with van der Waals surface area (Å²) in [5.41, 5.74) is 3.85. The summed E-state index contributed by atoms with van der Waals surface area (Å²) < 4.78 is 2.79. The minimum Gasteiger partial charge on any atom is -0.135 e. The maximum absolute atomic E-state index is 4.59. The second kappa shape index (κ2) is 8.37. The Bertz CT molecular complexity index is 1620. The summed E-state index contributed by atoms with van der Waals surface area (Å²) in [6.07, 6.45) is 18.7. The summed E-state index contributed by atoms with van der Waals surface area (Å²) in [6, 6.07) is 22.9. The van der Waals surface area contributed by atoms with Crippen molar-refractivity contribution in [2.45, 2.75) is 28.9 Å². The molecule has 170 valence electrons. The molecule has 3 heteroatoms. The van der Waals surface area contributed by atoms with Crippen LogP contribution >= 0.6 is 23.1 Å². The molecule has 1 aromatic heterocycles. The standard InChI is InChI=1S/C32H26S2Si/c1-2-35(22-12-4-3-5-13-22,29-20-10-16-25-23-14-6-8-18-27(23)33-31(25)29)30-21-11-17-26-24-15-7-9-19-28(24)34-32(26)30/h2,4,6-21,23,27H,1,3,5H2. The second-order valence-corrected chi connectivity index (χ2v) is 15.5. The number of benzene rings is 3. The molecular weight excluding hydrogens is 477 g/mol. The van der Waals surface area contributed by atoms with Crippen molar-refractivity contribution in [2.75, 3.05) is 0 Å². The lowest BCUT2D eigenvalue weighted by Gasteiger charge is -2.34. The van der Waals surface area contributed by atoms with Crippen molar-refractivity contribution >= 4 is 61.7 Å². The molecule has 2 heterocycles. The molecule has 0 saturated carbocycles. The molecule has 0 fully saturated rings. The summed E-state index contributed by atoms with van der Waals surface area (Å²) in [5.74, 6) is 0.465. The van der Waals surface area contributed by atoms with E-state index >= 15 is 0 Å². The molecular formula is C32H26S2Si. The molecule has 3 atom stereocenters. The normalized spacial score (nSPS) is 22.1. The first-order chi connectivity index (χ1) is 17.3. The minimum atomic E-state index is -2.49. The Morgan fingerprint density at radius 3 is 2.57 bits per heavy atom. The van der Waals surface area contributed by atoms with Gasteiger partial charge < -0.3 is 0 Å². The van der Waals surface area contributed by atoms with Crippen LogP contribution in [0.4, 0.5) is 0 Å². The van der Waals surface area contributed by atoms with Gasteiger partial charge in [-0.3, -0.25) is 0 Å². The first-order valence-corrected chi connectivity index (χ1v) is 16.1. The van der Waals surface area contributed by atoms with Gasteiger partial charge in [-0.2, -0.15) is 0 Å². The van der Waals surface area contributed by atoms with Crippen molar-refractivity contribution in [1.82, 2.24) is 0 Å². The van der Waals surface area contributed by atoms with Gasteiger partial charge in [0.25, 0.3) is 0 Å². The van der Waals surface area contributed by atoms with E-state index in [0.717, 1.165) is 12.8 Å². The summed E-state index contributed by atoms with van der Waals surface area (Å²) in [6.45, 7) is 4.59. The molecule has 1 aliphatic heterocycles. The van der Waals surface area contributed by atoms with E-state index < -0.39 is 8.07 Å². The van der Waals surface area contributed by atoms with Gasteiger partial charge in [0.05, 0.1) is 0 Å². The van der Waals surface area contributed by atoms with Crippen molar-refractivity contribution in [3.8, 4) is 0 Å². The highest BCUT2D eigenvalue weighted by molar-refractivity contribution is 8.00. The average Bonchev–Trinajstić information content (AvgIpc) is 3.49. The molecule has 7 rings (SSSR count). The zero-order chi connectivity index (χ0) is 23.4. The fourth-order valence-electron chi connectivity index (χ4n) is 6.13. The third-order valence-corrected chi connectivity index (χ3v) is 15.2. The molecule has 4 aromatic rings. The number of allylic oxidation sites excluding steroid dienone is 7. The van der Waals surface area contributed by atoms with E-state index in [0.29, 0.717) is 11.2 Å². The van der Waals surface area contributed by atoms with Crippen LogP contribution in [0.3, 0.4) is 0 Å². The highest BCUT2D eigenvalue weighted by atomic mass is 32.2. The fourth-order valence-corrected chi connectivity index (χ4v) is 14.1. The molecule has 3 unspecified atom stereocenters. The lowest BCUT2D eigenvalue weighted by molar-refractivity contribution is 0.882. The number of hydrogen-bond acceptors (Lipinski definition) is 2. The maximum Gasteiger partial charge on any atom is 0.174 e. The summed E-state index contributed by atoms with van der Waals surface area (Å²) >= 11 is 4.01. The highest BCUT2D eigenvalue weighted by Gasteiger charge is 2.44. The van der Waals surface area contributed by atoms with Crippen LogP contribution in [0.1, 0.15) is 24.3 Å². The van der Waals surface area contributed by atoms with E-state index in [4.69, 9.17) is 0 Å². The Balaban J connectivity index is 1.56. The molecule has 35 heavy (non-hydrogen) atoms. The molecule has 3 aliphatic rings. The Labute approximate surface area is 216 Å². The lowest BCUT2D eigenvalue weighted by atomic mass is 9.93. The van der Waals surface area contributed by atoms with Gasteiger partial charge in [-0.15, -0.1) is 29.7 Å². The van der Waals surface area contributed by atoms with Gasteiger partial charge in [0.1, 0.15) is 0 Å². The quantitative estimate of drug-likeness (QED) is 0.256. The molecule has 0 amide bonds. The van der Waals surface area contributed by atoms with E-state index in [9.17, 15) is 0 Å². The zero-order valence-corrected chi connectivity index (χ0v) is 22.1. The highest BCUT2D eigenvalue weighted by Crippen LogP contribution is 2.48. The van der Waals surface area contributed by atoms with Crippen molar-refractivity contribution in [1.29, 1.82) is 0 Å². The van der Waals surface area contributed by atoms with Crippen LogP contribution in [-0.2, 0) is 0 Å². The second-order valence-electron chi connectivity index (χ2n) is 9.53. The smallest absolute Gasteiger partial charge is 0.135 e. The number of thioether (sulfide) groups is 1. The molecule has 0 bridgehead atoms. The molecule has 0 spiro atoms. The predicted molar refractivity (Wildman–Crippen MR) is 158 cm³/mol. The largest absolute Gasteiger partial charge is 0.174 e. The van der Waals surface area contributed by atoms with Crippen molar-refractivity contribution in [2.24, 2.45) is 0 Å². The van der Waals surface area contributed by atoms with Crippen LogP contribution in [0, 0.1) is 0 Å². The van der Waals surface area contributed by atoms with Gasteiger partial charge in [-0.1, -0.05) is 103 Å². The average molecular weight is 503 g/mol. The Morgan fingerprint density at radius 2 is 1.69 bits per heavy atom. The summed E-state index contributed by atoms with van der Waals surface area (Å²) in [4.78, 5) is 1.49. The molecule has 0 nitrogen and oxygen atoms in total. The van der Waals surface area contributed by atoms with Crippen LogP contribution in [0.15, 0.2) is 126 Å². The molecule has 0 radical (unpaired) electrons. The SMILES string of the molecule is C=C[Si](C1=CCCC=C1)(c1cccc2c1SC1C=CC=CC21)c1cccc2c1sc1ccccc12. The minimum absolute atomic E-state index is 0.465. The van der Waals surface area contributed by atoms with E-state index in [1.54, 1.807) is 0 Å². The summed E-state index contributed by atoms with van der Waals surface area (Å²) in [7, 11) is -2.49. The topological polar surface area (TPSA) is 0 Å². The van der Waals surface area contributed by atoms with E-state index in [-0.39, 0.29) is 0 Å². The van der Waals surface area contributed by atoms with Crippen molar-refractivity contribution < 1.29 is 0 Å². The molecule has 0 saturated heterocycles. The molecule has 0 N–H and O–H groups in total. The Morgan fingerprint density at radius 1 is 0.857 bits per heavy atom. The van der Waals surface area contributed by atoms with Gasteiger partial charge in [0.2, 0.25) is 0 Å². The van der Waals surface area contributed by atoms with E-state index in [2.05, 4.69) is 127 Å². The van der Waals surface area contributed by atoms with Crippen LogP contribution in [-0.4, -0.2) is 13.3 Å². The number of rotatable bonds is 4. The lowest BCUT2D eigenvalue weighted by Crippen LogP contribution is -2.59. The van der Waals surface area contributed by atoms with Gasteiger partial charge in [-0.25, -0.2) is 0 Å². The van der Waals surface area contributed by atoms with Gasteiger partial charge >= 0.3 is 0 Å². The summed E-state index contributed by atoms with van der Waals surface area (Å²) in [5, 5.41) is 7.71. The third kappa shape index (κ3) is 3.12. The van der Waals surface area contributed by atoms with Crippen molar-refractivity contribution in [3.05, 3.63) is 126 Å². The first-order valence-electron chi connectivity index (χ1n) is 12.4. The van der Waals surface area contributed by atoms with Crippen LogP contribution in [0.25, 0.3) is 20.2 Å². The van der Waals surface area contributed by atoms with Crippen molar-refractivity contribution in [3.63, 3.8) is 0 Å². The van der Waals surface area contributed by atoms with Gasteiger partial charge in [0, 0.05) is 36.2 Å².